The summed E-state index contributed by atoms with van der Waals surface area (Å²) in [5.74, 6) is -0.0490. The largest absolute Gasteiger partial charge is 0.466 e. The van der Waals surface area contributed by atoms with E-state index in [1.807, 2.05) is 6.08 Å². The molecule has 0 aliphatic rings. The minimum atomic E-state index is -0.844. The zero-order chi connectivity index (χ0) is 52.2. The molecule has 2 atom stereocenters. The van der Waals surface area contributed by atoms with Gasteiger partial charge in [-0.2, -0.15) is 0 Å². The number of esters is 1. The third kappa shape index (κ3) is 57.9. The number of nitrogens with one attached hydrogen (secondary N) is 1. The Morgan fingerprint density at radius 3 is 0.944 bits per heavy atom. The molecule has 0 heterocycles. The summed E-state index contributed by atoms with van der Waals surface area (Å²) < 4.78 is 5.48. The molecule has 0 radical (unpaired) electrons. The fourth-order valence-corrected chi connectivity index (χ4v) is 10.5. The lowest BCUT2D eigenvalue weighted by atomic mass is 10.0. The van der Waals surface area contributed by atoms with Gasteiger partial charge in [0.05, 0.1) is 25.4 Å². The summed E-state index contributed by atoms with van der Waals surface area (Å²) in [6.45, 7) is 4.94. The van der Waals surface area contributed by atoms with Gasteiger partial charge in [-0.25, -0.2) is 0 Å². The molecule has 0 aromatic heterocycles. The van der Waals surface area contributed by atoms with Gasteiger partial charge in [-0.3, -0.25) is 9.59 Å². The molecule has 428 valence electrons. The molecule has 2 unspecified atom stereocenters. The van der Waals surface area contributed by atoms with E-state index in [1.54, 1.807) is 6.08 Å². The van der Waals surface area contributed by atoms with Gasteiger partial charge in [0.1, 0.15) is 0 Å². The number of hydrogen-bond donors (Lipinski definition) is 3. The van der Waals surface area contributed by atoms with Crippen molar-refractivity contribution in [2.45, 2.75) is 386 Å². The van der Waals surface area contributed by atoms with Crippen LogP contribution in [0.1, 0.15) is 373 Å². The Kier molecular flexibility index (Phi) is 60.9. The first-order chi connectivity index (χ1) is 35.5. The molecule has 0 aromatic carbocycles. The molecule has 0 saturated carbocycles. The molecule has 0 fully saturated rings. The van der Waals surface area contributed by atoms with Crippen molar-refractivity contribution in [2.75, 3.05) is 13.2 Å². The maximum atomic E-state index is 12.5. The molecule has 0 aromatic rings. The van der Waals surface area contributed by atoms with Crippen LogP contribution in [0.2, 0.25) is 0 Å². The first-order valence-electron chi connectivity index (χ1n) is 33.0. The maximum absolute atomic E-state index is 12.5. The fraction of sp³-hybridized carbons (Fsp3) is 0.939. The Bertz CT molecular complexity index is 1080. The van der Waals surface area contributed by atoms with Gasteiger partial charge in [-0.15, -0.1) is 0 Å². The van der Waals surface area contributed by atoms with Gasteiger partial charge < -0.3 is 20.3 Å². The number of rotatable bonds is 62. The van der Waals surface area contributed by atoms with Gasteiger partial charge in [0, 0.05) is 12.8 Å². The second-order valence-electron chi connectivity index (χ2n) is 22.8. The average Bonchev–Trinajstić information content (AvgIpc) is 3.38. The van der Waals surface area contributed by atoms with Crippen molar-refractivity contribution in [3.05, 3.63) is 12.2 Å². The smallest absolute Gasteiger partial charge is 0.305 e. The van der Waals surface area contributed by atoms with Gasteiger partial charge in [0.2, 0.25) is 5.91 Å². The second-order valence-corrected chi connectivity index (χ2v) is 22.8. The lowest BCUT2D eigenvalue weighted by Gasteiger charge is -2.20. The SMILES string of the molecule is CCCCCCCCCCCCCCCCCCCC/C=C/C(O)C(CO)NC(=O)CCCCCCCCCCCCCCCCCCCCCCCCOC(=O)CCCCCCCCCCCCCCC. The molecule has 0 aliphatic carbocycles. The Morgan fingerprint density at radius 2 is 0.639 bits per heavy atom. The Hall–Kier alpha value is -1.40. The monoisotopic (exact) mass is 1020 g/mol. The van der Waals surface area contributed by atoms with E-state index in [2.05, 4.69) is 19.2 Å². The van der Waals surface area contributed by atoms with Gasteiger partial charge in [-0.05, 0) is 32.1 Å². The normalized spacial score (nSPS) is 12.6. The van der Waals surface area contributed by atoms with Crippen molar-refractivity contribution in [3.8, 4) is 0 Å². The third-order valence-corrected chi connectivity index (χ3v) is 15.6. The lowest BCUT2D eigenvalue weighted by molar-refractivity contribution is -0.143. The first kappa shape index (κ1) is 70.6. The molecule has 72 heavy (non-hydrogen) atoms. The predicted octanol–water partition coefficient (Wildman–Crippen LogP) is 20.8. The van der Waals surface area contributed by atoms with Crippen LogP contribution in [0.4, 0.5) is 0 Å². The van der Waals surface area contributed by atoms with Crippen LogP contribution in [0.5, 0.6) is 0 Å². The van der Waals surface area contributed by atoms with Crippen molar-refractivity contribution in [1.29, 1.82) is 0 Å². The van der Waals surface area contributed by atoms with E-state index in [0.29, 0.717) is 19.4 Å². The Balaban J connectivity index is 3.40. The number of ether oxygens (including phenoxy) is 1. The van der Waals surface area contributed by atoms with Crippen molar-refractivity contribution >= 4 is 11.9 Å². The zero-order valence-electron chi connectivity index (χ0n) is 48.9. The summed E-state index contributed by atoms with van der Waals surface area (Å²) >= 11 is 0. The number of hydrogen-bond acceptors (Lipinski definition) is 5. The summed E-state index contributed by atoms with van der Waals surface area (Å²) in [5, 5.41) is 23.2. The standard InChI is InChI=1S/C66H129NO5/c1-3-5-7-9-11-13-15-17-18-19-20-25-28-31-35-38-42-46-50-54-58-64(69)63(62-68)67-65(70)59-55-51-47-43-39-36-32-29-26-23-21-22-24-27-30-33-37-41-45-49-53-57-61-72-66(71)60-56-52-48-44-40-34-16-14-12-10-8-6-4-2/h54,58,63-64,68-69H,3-53,55-57,59-62H2,1-2H3,(H,67,70)/b58-54+. The highest BCUT2D eigenvalue weighted by Gasteiger charge is 2.18. The number of unbranched alkanes of at least 4 members (excludes halogenated alkanes) is 51. The fourth-order valence-electron chi connectivity index (χ4n) is 10.5. The number of aliphatic hydroxyl groups is 2. The van der Waals surface area contributed by atoms with Crippen LogP contribution in [0.25, 0.3) is 0 Å². The molecule has 0 spiro atoms. The minimum Gasteiger partial charge on any atom is -0.466 e. The summed E-state index contributed by atoms with van der Waals surface area (Å²) in [7, 11) is 0. The maximum Gasteiger partial charge on any atom is 0.305 e. The van der Waals surface area contributed by atoms with Crippen LogP contribution in [-0.2, 0) is 14.3 Å². The molecule has 0 bridgehead atoms. The lowest BCUT2D eigenvalue weighted by Crippen LogP contribution is -2.45. The van der Waals surface area contributed by atoms with E-state index in [4.69, 9.17) is 4.74 Å². The van der Waals surface area contributed by atoms with Crippen LogP contribution >= 0.6 is 0 Å². The molecule has 6 nitrogen and oxygen atoms in total. The molecule has 0 rings (SSSR count). The van der Waals surface area contributed by atoms with Crippen molar-refractivity contribution in [1.82, 2.24) is 5.32 Å². The van der Waals surface area contributed by atoms with Crippen LogP contribution in [0.3, 0.4) is 0 Å². The number of allylic oxidation sites excluding steroid dienone is 1. The number of amides is 1. The Morgan fingerprint density at radius 1 is 0.375 bits per heavy atom. The van der Waals surface area contributed by atoms with Crippen LogP contribution in [0, 0.1) is 0 Å². The summed E-state index contributed by atoms with van der Waals surface area (Å²) in [6, 6.07) is -0.628. The quantitative estimate of drug-likeness (QED) is 0.0320. The van der Waals surface area contributed by atoms with E-state index < -0.39 is 12.1 Å². The van der Waals surface area contributed by atoms with Crippen molar-refractivity contribution in [3.63, 3.8) is 0 Å². The summed E-state index contributed by atoms with van der Waals surface area (Å²) in [4.78, 5) is 24.5. The average molecular weight is 1020 g/mol. The number of aliphatic hydroxyl groups excluding tert-OH is 2. The summed E-state index contributed by atoms with van der Waals surface area (Å²) in [6.07, 6.45) is 75.5. The van der Waals surface area contributed by atoms with E-state index in [9.17, 15) is 19.8 Å². The molecule has 3 N–H and O–H groups in total. The summed E-state index contributed by atoms with van der Waals surface area (Å²) in [5.41, 5.74) is 0. The number of carbonyl (C=O) groups is 2. The highest BCUT2D eigenvalue weighted by molar-refractivity contribution is 5.76. The van der Waals surface area contributed by atoms with E-state index >= 15 is 0 Å². The van der Waals surface area contributed by atoms with Gasteiger partial charge >= 0.3 is 5.97 Å². The molecule has 6 heteroatoms. The van der Waals surface area contributed by atoms with E-state index in [1.165, 1.54) is 308 Å². The third-order valence-electron chi connectivity index (χ3n) is 15.6. The van der Waals surface area contributed by atoms with Crippen molar-refractivity contribution < 1.29 is 24.5 Å². The van der Waals surface area contributed by atoms with Crippen LogP contribution in [-0.4, -0.2) is 47.4 Å². The van der Waals surface area contributed by atoms with Crippen molar-refractivity contribution in [2.24, 2.45) is 0 Å². The first-order valence-corrected chi connectivity index (χ1v) is 33.0. The van der Waals surface area contributed by atoms with Gasteiger partial charge in [-0.1, -0.05) is 341 Å². The molecular formula is C66H129NO5. The highest BCUT2D eigenvalue weighted by atomic mass is 16.5. The van der Waals surface area contributed by atoms with Crippen LogP contribution < -0.4 is 5.32 Å². The zero-order valence-corrected chi connectivity index (χ0v) is 48.9. The predicted molar refractivity (Wildman–Crippen MR) is 315 cm³/mol. The van der Waals surface area contributed by atoms with Gasteiger partial charge in [0.15, 0.2) is 0 Å². The Labute approximate surface area is 450 Å². The van der Waals surface area contributed by atoms with E-state index in [0.717, 1.165) is 38.5 Å². The molecular weight excluding hydrogens is 887 g/mol. The number of carbonyl (C=O) groups excluding carboxylic acids is 2. The topological polar surface area (TPSA) is 95.9 Å². The molecule has 0 aliphatic heterocycles. The minimum absolute atomic E-state index is 0.0151. The van der Waals surface area contributed by atoms with E-state index in [-0.39, 0.29) is 18.5 Å². The highest BCUT2D eigenvalue weighted by Crippen LogP contribution is 2.19. The van der Waals surface area contributed by atoms with Gasteiger partial charge in [0.25, 0.3) is 0 Å². The second kappa shape index (κ2) is 62.1. The molecule has 1 amide bonds. The molecule has 0 saturated heterocycles. The van der Waals surface area contributed by atoms with Crippen LogP contribution in [0.15, 0.2) is 12.2 Å².